The Balaban J connectivity index is 0. The molecule has 0 amide bonds. The highest BCUT2D eigenvalue weighted by Crippen LogP contribution is 2.11. The number of halogens is 1. The Morgan fingerprint density at radius 2 is 1.38 bits per heavy atom. The van der Waals surface area contributed by atoms with Crippen molar-refractivity contribution in [2.75, 3.05) is 13.2 Å². The molecule has 0 aliphatic carbocycles. The zero-order valence-electron chi connectivity index (χ0n) is 13.6. The number of ether oxygens (including phenoxy) is 1. The molecule has 0 bridgehead atoms. The van der Waals surface area contributed by atoms with Gasteiger partial charge in [0.25, 0.3) is 0 Å². The maximum Gasteiger partial charge on any atom is 0.364 e. The second kappa shape index (κ2) is 17.7. The van der Waals surface area contributed by atoms with Gasteiger partial charge in [0.15, 0.2) is 0 Å². The van der Waals surface area contributed by atoms with Crippen LogP contribution in [-0.4, -0.2) is 30.3 Å². The van der Waals surface area contributed by atoms with Crippen LogP contribution in [0.3, 0.4) is 0 Å². The van der Waals surface area contributed by atoms with Gasteiger partial charge in [-0.25, -0.2) is 4.79 Å². The maximum atomic E-state index is 10.5. The number of carbonyl (C=O) groups is 1. The first-order chi connectivity index (χ1) is 9.68. The lowest BCUT2D eigenvalue weighted by molar-refractivity contribution is -0.414. The molecule has 0 aromatic rings. The lowest BCUT2D eigenvalue weighted by Crippen LogP contribution is -3.00. The number of quaternary nitrogens is 1. The summed E-state index contributed by atoms with van der Waals surface area (Å²) in [6, 6.07) is -0.636. The topological polar surface area (TPSA) is 74.2 Å². The molecule has 0 fully saturated rings. The summed E-state index contributed by atoms with van der Waals surface area (Å²) in [5.41, 5.74) is 3.51. The number of carboxylic acid groups (broad SMARTS) is 1. The molecule has 0 aromatic carbocycles. The van der Waals surface area contributed by atoms with Crippen molar-refractivity contribution in [1.82, 2.24) is 0 Å². The van der Waals surface area contributed by atoms with E-state index in [9.17, 15) is 4.79 Å². The third-order valence-electron chi connectivity index (χ3n) is 3.56. The van der Waals surface area contributed by atoms with E-state index in [1.807, 2.05) is 0 Å². The van der Waals surface area contributed by atoms with Crippen molar-refractivity contribution in [3.63, 3.8) is 0 Å². The minimum Gasteiger partial charge on any atom is -1.00 e. The molecule has 0 unspecified atom stereocenters. The first-order valence-electron chi connectivity index (χ1n) is 8.32. The van der Waals surface area contributed by atoms with Crippen molar-refractivity contribution >= 4 is 5.97 Å². The van der Waals surface area contributed by atoms with E-state index in [1.165, 1.54) is 64.2 Å². The number of hydrogen-bond donors (Lipinski definition) is 2. The van der Waals surface area contributed by atoms with Gasteiger partial charge in [-0.2, -0.15) is 0 Å². The summed E-state index contributed by atoms with van der Waals surface area (Å²) < 4.78 is 5.30. The Morgan fingerprint density at radius 3 is 1.81 bits per heavy atom. The van der Waals surface area contributed by atoms with Crippen LogP contribution in [-0.2, 0) is 9.53 Å². The van der Waals surface area contributed by atoms with E-state index in [4.69, 9.17) is 9.84 Å². The van der Waals surface area contributed by atoms with E-state index in [2.05, 4.69) is 12.7 Å². The van der Waals surface area contributed by atoms with Crippen molar-refractivity contribution in [1.29, 1.82) is 0 Å². The first-order valence-corrected chi connectivity index (χ1v) is 8.32. The zero-order valence-corrected chi connectivity index (χ0v) is 14.4. The summed E-state index contributed by atoms with van der Waals surface area (Å²) in [4.78, 5) is 10.5. The number of rotatable bonds is 15. The van der Waals surface area contributed by atoms with Gasteiger partial charge in [0.05, 0.1) is 0 Å². The molecule has 0 radical (unpaired) electrons. The average Bonchev–Trinajstić information content (AvgIpc) is 2.43. The molecular weight excluding hydrogens is 290 g/mol. The predicted molar refractivity (Wildman–Crippen MR) is 81.6 cm³/mol. The lowest BCUT2D eigenvalue weighted by Gasteiger charge is -2.05. The van der Waals surface area contributed by atoms with Crippen LogP contribution in [0.15, 0.2) is 0 Å². The van der Waals surface area contributed by atoms with Crippen LogP contribution in [0.1, 0.15) is 77.6 Å². The highest BCUT2D eigenvalue weighted by Gasteiger charge is 2.14. The van der Waals surface area contributed by atoms with Crippen LogP contribution >= 0.6 is 0 Å². The van der Waals surface area contributed by atoms with Crippen molar-refractivity contribution in [2.24, 2.45) is 0 Å². The minimum absolute atomic E-state index is 0. The fraction of sp³-hybridized carbons (Fsp3) is 0.938. The Bertz CT molecular complexity index is 228. The molecule has 5 heteroatoms. The Hall–Kier alpha value is -0.320. The van der Waals surface area contributed by atoms with Crippen molar-refractivity contribution in [3.8, 4) is 0 Å². The second-order valence-electron chi connectivity index (χ2n) is 5.65. The minimum atomic E-state index is -0.885. The molecule has 0 aliphatic rings. The van der Waals surface area contributed by atoms with Gasteiger partial charge >= 0.3 is 5.97 Å². The Kier molecular flexibility index (Phi) is 19.4. The summed E-state index contributed by atoms with van der Waals surface area (Å²) in [5.74, 6) is -0.885. The van der Waals surface area contributed by atoms with Gasteiger partial charge in [0, 0.05) is 6.61 Å². The lowest BCUT2D eigenvalue weighted by atomic mass is 10.1. The van der Waals surface area contributed by atoms with Gasteiger partial charge in [0.2, 0.25) is 6.04 Å². The van der Waals surface area contributed by atoms with Crippen LogP contribution in [0.5, 0.6) is 0 Å². The second-order valence-corrected chi connectivity index (χ2v) is 5.65. The standard InChI is InChI=1S/C16H33NO3.ClH/c1-2-3-4-5-6-7-8-9-10-11-12-13-20-14-15(17)16(18)19;/h15H,2-14,17H2,1H3,(H,18,19);1H/t15-;/m1./s1. The summed E-state index contributed by atoms with van der Waals surface area (Å²) in [6.07, 6.45) is 14.4. The zero-order chi connectivity index (χ0) is 15.1. The van der Waals surface area contributed by atoms with E-state index >= 15 is 0 Å². The largest absolute Gasteiger partial charge is 1.00 e. The molecule has 0 rings (SSSR count). The van der Waals surface area contributed by atoms with Crippen LogP contribution in [0, 0.1) is 0 Å². The number of carboxylic acids is 1. The smallest absolute Gasteiger partial charge is 0.364 e. The predicted octanol–water partition coefficient (Wildman–Crippen LogP) is 0.0131. The normalized spacial score (nSPS) is 11.9. The van der Waals surface area contributed by atoms with Gasteiger partial charge in [-0.1, -0.05) is 71.1 Å². The number of aliphatic carboxylic acids is 1. The summed E-state index contributed by atoms with van der Waals surface area (Å²) >= 11 is 0. The monoisotopic (exact) mass is 323 g/mol. The fourth-order valence-corrected chi connectivity index (χ4v) is 2.17. The SMILES string of the molecule is CCCCCCCCCCCCCOC[C@@H]([NH3+])C(=O)O.[Cl-]. The number of unbranched alkanes of at least 4 members (excludes halogenated alkanes) is 10. The molecular formula is C16H34ClNO3. The summed E-state index contributed by atoms with van der Waals surface area (Å²) in [5, 5.41) is 8.63. The van der Waals surface area contributed by atoms with Crippen LogP contribution in [0.2, 0.25) is 0 Å². The van der Waals surface area contributed by atoms with Crippen molar-refractivity contribution in [2.45, 2.75) is 83.6 Å². The maximum absolute atomic E-state index is 10.5. The highest BCUT2D eigenvalue weighted by atomic mass is 35.5. The molecule has 0 saturated carbocycles. The molecule has 4 nitrogen and oxygen atoms in total. The average molecular weight is 324 g/mol. The molecule has 0 aliphatic heterocycles. The molecule has 21 heavy (non-hydrogen) atoms. The Labute approximate surface area is 136 Å². The molecule has 128 valence electrons. The molecule has 0 heterocycles. The van der Waals surface area contributed by atoms with Crippen LogP contribution < -0.4 is 18.1 Å². The molecule has 0 aromatic heterocycles. The van der Waals surface area contributed by atoms with Gasteiger partial charge in [0.1, 0.15) is 6.61 Å². The number of hydrogen-bond acceptors (Lipinski definition) is 2. The summed E-state index contributed by atoms with van der Waals surface area (Å²) in [6.45, 7) is 3.14. The third kappa shape index (κ3) is 17.6. The molecule has 0 saturated heterocycles. The van der Waals surface area contributed by atoms with Gasteiger partial charge in [-0.05, 0) is 6.42 Å². The van der Waals surface area contributed by atoms with Gasteiger partial charge in [-0.3, -0.25) is 0 Å². The van der Waals surface area contributed by atoms with Crippen molar-refractivity contribution in [3.05, 3.63) is 0 Å². The van der Waals surface area contributed by atoms with E-state index in [-0.39, 0.29) is 19.0 Å². The van der Waals surface area contributed by atoms with Crippen molar-refractivity contribution < 1.29 is 32.8 Å². The van der Waals surface area contributed by atoms with E-state index in [1.54, 1.807) is 0 Å². The highest BCUT2D eigenvalue weighted by molar-refractivity contribution is 5.71. The third-order valence-corrected chi connectivity index (χ3v) is 3.56. The van der Waals surface area contributed by atoms with E-state index in [0.29, 0.717) is 6.61 Å². The quantitative estimate of drug-likeness (QED) is 0.417. The van der Waals surface area contributed by atoms with E-state index in [0.717, 1.165) is 6.42 Å². The summed E-state index contributed by atoms with van der Waals surface area (Å²) in [7, 11) is 0. The van der Waals surface area contributed by atoms with Gasteiger partial charge in [-0.15, -0.1) is 0 Å². The van der Waals surface area contributed by atoms with Crippen LogP contribution in [0.4, 0.5) is 0 Å². The molecule has 4 N–H and O–H groups in total. The molecule has 1 atom stereocenters. The molecule has 0 spiro atoms. The Morgan fingerprint density at radius 1 is 0.952 bits per heavy atom. The first kappa shape index (κ1) is 23.0. The van der Waals surface area contributed by atoms with E-state index < -0.39 is 12.0 Å². The van der Waals surface area contributed by atoms with Crippen LogP contribution in [0.25, 0.3) is 0 Å². The fourth-order valence-electron chi connectivity index (χ4n) is 2.17. The van der Waals surface area contributed by atoms with Gasteiger partial charge < -0.3 is 28.0 Å².